The predicted molar refractivity (Wildman–Crippen MR) is 141 cm³/mol. The first-order valence-corrected chi connectivity index (χ1v) is 13.8. The zero-order valence-electron chi connectivity index (χ0n) is 21.7. The van der Waals surface area contributed by atoms with Crippen molar-refractivity contribution in [3.05, 3.63) is 65.2 Å². The summed E-state index contributed by atoms with van der Waals surface area (Å²) in [6.07, 6.45) is 6.74. The van der Waals surface area contributed by atoms with Crippen molar-refractivity contribution in [2.75, 3.05) is 20.1 Å². The summed E-state index contributed by atoms with van der Waals surface area (Å²) in [6.45, 7) is 3.93. The van der Waals surface area contributed by atoms with Crippen LogP contribution in [0.15, 0.2) is 48.5 Å². The molecule has 2 bridgehead atoms. The molecule has 0 radical (unpaired) electrons. The van der Waals surface area contributed by atoms with Crippen LogP contribution in [0.3, 0.4) is 0 Å². The van der Waals surface area contributed by atoms with Crippen LogP contribution in [-0.4, -0.2) is 69.8 Å². The highest BCUT2D eigenvalue weighted by molar-refractivity contribution is 5.95. The molecule has 1 saturated heterocycles. The first kappa shape index (κ1) is 23.3. The van der Waals surface area contributed by atoms with Crippen LogP contribution in [0, 0.1) is 5.92 Å². The summed E-state index contributed by atoms with van der Waals surface area (Å²) < 4.78 is 6.63. The van der Waals surface area contributed by atoms with E-state index in [2.05, 4.69) is 4.90 Å². The van der Waals surface area contributed by atoms with E-state index in [0.29, 0.717) is 18.6 Å². The van der Waals surface area contributed by atoms with Crippen LogP contribution in [0.4, 0.5) is 0 Å². The summed E-state index contributed by atoms with van der Waals surface area (Å²) in [5.74, 6) is 1.36. The second-order valence-electron chi connectivity index (χ2n) is 12.0. The standard InChI is InChI=1S/C31H36N2O4/c1-19(21-6-4-3-5-7-21)16-26(35)32(2)23-12-13-31(36)25-17-22-10-11-24(34)28-27(22)30(31,29(23)37-28)14-15-33(25)18-20-8-9-20/h3-7,10-11,16,20,23,25,29,34,36H,8-9,12-15,17-18H2,1-2H3/t23-,25-,29+,30+,31-/m1/s1. The van der Waals surface area contributed by atoms with Crippen LogP contribution in [-0.2, 0) is 16.6 Å². The molecule has 194 valence electrons. The molecule has 2 saturated carbocycles. The number of carbonyl (C=O) groups excluding carboxylic acids is 1. The van der Waals surface area contributed by atoms with Gasteiger partial charge in [-0.05, 0) is 80.7 Å². The van der Waals surface area contributed by atoms with E-state index in [0.717, 1.165) is 48.5 Å². The van der Waals surface area contributed by atoms with Gasteiger partial charge >= 0.3 is 0 Å². The van der Waals surface area contributed by atoms with Gasteiger partial charge in [0.2, 0.25) is 5.91 Å². The highest BCUT2D eigenvalue weighted by Gasteiger charge is 2.73. The maximum Gasteiger partial charge on any atom is 0.246 e. The second-order valence-corrected chi connectivity index (χ2v) is 12.0. The van der Waals surface area contributed by atoms with Crippen molar-refractivity contribution in [3.63, 3.8) is 0 Å². The van der Waals surface area contributed by atoms with Gasteiger partial charge in [0.25, 0.3) is 0 Å². The highest BCUT2D eigenvalue weighted by atomic mass is 16.5. The molecular weight excluding hydrogens is 464 g/mol. The third-order valence-electron chi connectivity index (χ3n) is 10.1. The molecule has 0 aromatic heterocycles. The molecule has 2 aliphatic heterocycles. The molecule has 3 fully saturated rings. The summed E-state index contributed by atoms with van der Waals surface area (Å²) >= 11 is 0. The summed E-state index contributed by atoms with van der Waals surface area (Å²) in [6, 6.07) is 13.6. The van der Waals surface area contributed by atoms with Crippen LogP contribution in [0.1, 0.15) is 55.7 Å². The summed E-state index contributed by atoms with van der Waals surface area (Å²) in [4.78, 5) is 17.9. The van der Waals surface area contributed by atoms with Crippen LogP contribution in [0.2, 0.25) is 0 Å². The number of amides is 1. The SMILES string of the molecule is CC(=CC(=O)N(C)[C@@H]1CC[C@@]2(O)[C@H]3Cc4ccc(O)c5c4[C@@]2(CCN3CC2CC2)[C@H]1O5)c1ccccc1. The van der Waals surface area contributed by atoms with E-state index in [1.165, 1.54) is 18.4 Å². The van der Waals surface area contributed by atoms with Crippen molar-refractivity contribution in [3.8, 4) is 11.5 Å². The molecule has 5 aliphatic rings. The van der Waals surface area contributed by atoms with Crippen LogP contribution < -0.4 is 4.74 Å². The number of carbonyl (C=O) groups is 1. The second kappa shape index (κ2) is 8.08. The van der Waals surface area contributed by atoms with E-state index in [1.54, 1.807) is 12.1 Å². The van der Waals surface area contributed by atoms with Gasteiger partial charge in [0, 0.05) is 31.3 Å². The molecule has 6 nitrogen and oxygen atoms in total. The van der Waals surface area contributed by atoms with Crippen molar-refractivity contribution in [1.29, 1.82) is 0 Å². The average molecular weight is 501 g/mol. The van der Waals surface area contributed by atoms with E-state index in [-0.39, 0.29) is 23.7 Å². The first-order valence-electron chi connectivity index (χ1n) is 13.8. The minimum atomic E-state index is -0.937. The van der Waals surface area contributed by atoms with Crippen LogP contribution in [0.5, 0.6) is 11.5 Å². The van der Waals surface area contributed by atoms with Gasteiger partial charge in [-0.2, -0.15) is 0 Å². The fourth-order valence-corrected chi connectivity index (χ4v) is 8.09. The van der Waals surface area contributed by atoms with Crippen molar-refractivity contribution in [2.45, 2.75) is 74.7 Å². The number of allylic oxidation sites excluding steroid dienone is 1. The minimum absolute atomic E-state index is 0.0399. The average Bonchev–Trinajstić information content (AvgIpc) is 3.64. The maximum atomic E-state index is 13.5. The lowest BCUT2D eigenvalue weighted by Gasteiger charge is -2.64. The number of likely N-dealkylation sites (tertiary alicyclic amines) is 1. The number of piperidine rings is 1. The van der Waals surface area contributed by atoms with Crippen molar-refractivity contribution >= 4 is 11.5 Å². The molecule has 1 amide bonds. The van der Waals surface area contributed by atoms with Crippen LogP contribution in [0.25, 0.3) is 5.57 Å². The zero-order valence-corrected chi connectivity index (χ0v) is 21.7. The van der Waals surface area contributed by atoms with Gasteiger partial charge in [-0.25, -0.2) is 0 Å². The van der Waals surface area contributed by atoms with Gasteiger partial charge in [0.15, 0.2) is 11.5 Å². The summed E-state index contributed by atoms with van der Waals surface area (Å²) in [7, 11) is 1.86. The third kappa shape index (κ3) is 3.21. The number of hydrogen-bond donors (Lipinski definition) is 2. The molecule has 7 rings (SSSR count). The number of aromatic hydroxyl groups is 1. The fourth-order valence-electron chi connectivity index (χ4n) is 8.09. The van der Waals surface area contributed by atoms with Crippen molar-refractivity contribution in [2.24, 2.45) is 5.92 Å². The highest BCUT2D eigenvalue weighted by Crippen LogP contribution is 2.66. The Bertz CT molecular complexity index is 1290. The first-order chi connectivity index (χ1) is 17.8. The lowest BCUT2D eigenvalue weighted by molar-refractivity contribution is -0.200. The Balaban J connectivity index is 1.27. The maximum absolute atomic E-state index is 13.5. The zero-order chi connectivity index (χ0) is 25.5. The van der Waals surface area contributed by atoms with Gasteiger partial charge < -0.3 is 19.8 Å². The predicted octanol–water partition coefficient (Wildman–Crippen LogP) is 3.89. The summed E-state index contributed by atoms with van der Waals surface area (Å²) in [5, 5.41) is 23.5. The number of likely N-dealkylation sites (N-methyl/N-ethyl adjacent to an activating group) is 1. The van der Waals surface area contributed by atoms with E-state index in [1.807, 2.05) is 55.3 Å². The molecule has 5 atom stereocenters. The smallest absolute Gasteiger partial charge is 0.246 e. The number of aliphatic hydroxyl groups is 1. The van der Waals surface area contributed by atoms with Gasteiger partial charge in [0.1, 0.15) is 6.10 Å². The number of nitrogens with zero attached hydrogens (tertiary/aromatic N) is 2. The number of rotatable bonds is 5. The summed E-state index contributed by atoms with van der Waals surface area (Å²) in [5.41, 5.74) is 2.58. The van der Waals surface area contributed by atoms with E-state index < -0.39 is 17.1 Å². The molecular formula is C31H36N2O4. The van der Waals surface area contributed by atoms with Gasteiger partial charge in [-0.1, -0.05) is 36.4 Å². The quantitative estimate of drug-likeness (QED) is 0.610. The van der Waals surface area contributed by atoms with Gasteiger partial charge in [0.05, 0.1) is 17.1 Å². The third-order valence-corrected chi connectivity index (χ3v) is 10.1. The Kier molecular flexibility index (Phi) is 5.09. The lowest BCUT2D eigenvalue weighted by Crippen LogP contribution is -2.78. The molecule has 2 aromatic carbocycles. The largest absolute Gasteiger partial charge is 0.504 e. The van der Waals surface area contributed by atoms with Crippen LogP contribution >= 0.6 is 0 Å². The lowest BCUT2D eigenvalue weighted by atomic mass is 9.48. The van der Waals surface area contributed by atoms with Crippen molar-refractivity contribution < 1.29 is 19.7 Å². The molecule has 2 heterocycles. The Morgan fingerprint density at radius 2 is 1.95 bits per heavy atom. The fraction of sp³-hybridized carbons (Fsp3) is 0.516. The minimum Gasteiger partial charge on any atom is -0.504 e. The number of hydrogen-bond acceptors (Lipinski definition) is 5. The number of benzene rings is 2. The van der Waals surface area contributed by atoms with E-state index in [9.17, 15) is 15.0 Å². The number of phenolic OH excluding ortho intramolecular Hbond substituents is 1. The van der Waals surface area contributed by atoms with Crippen molar-refractivity contribution in [1.82, 2.24) is 9.80 Å². The molecule has 2 N–H and O–H groups in total. The monoisotopic (exact) mass is 500 g/mol. The molecule has 0 unspecified atom stereocenters. The topological polar surface area (TPSA) is 73.2 Å². The molecule has 6 heteroatoms. The normalized spacial score (nSPS) is 34.0. The van der Waals surface area contributed by atoms with E-state index >= 15 is 0 Å². The Hall–Kier alpha value is -2.83. The van der Waals surface area contributed by atoms with Gasteiger partial charge in [-0.3, -0.25) is 9.69 Å². The van der Waals surface area contributed by atoms with E-state index in [4.69, 9.17) is 4.74 Å². The molecule has 1 spiro atoms. The molecule has 3 aliphatic carbocycles. The molecule has 2 aromatic rings. The Labute approximate surface area is 218 Å². The Morgan fingerprint density at radius 3 is 2.70 bits per heavy atom. The van der Waals surface area contributed by atoms with Gasteiger partial charge in [-0.15, -0.1) is 0 Å². The number of ether oxygens (including phenoxy) is 1. The Morgan fingerprint density at radius 1 is 1.16 bits per heavy atom. The number of phenols is 1. The molecule has 37 heavy (non-hydrogen) atoms.